The second-order valence-corrected chi connectivity index (χ2v) is 9.70. The number of ether oxygens (including phenoxy) is 3. The van der Waals surface area contributed by atoms with Crippen LogP contribution in [-0.2, 0) is 14.8 Å². The maximum Gasteiger partial charge on any atom is 0.243 e. The molecule has 1 N–H and O–H groups in total. The second-order valence-electron chi connectivity index (χ2n) is 7.96. The third-order valence-corrected chi connectivity index (χ3v) is 7.10. The minimum atomic E-state index is -4.30. The number of nitrogens with zero attached hydrogens (tertiary/aromatic N) is 1. The maximum absolute atomic E-state index is 15.5. The molecule has 0 spiro atoms. The molecule has 1 aliphatic heterocycles. The molecule has 0 saturated carbocycles. The molecule has 1 unspecified atom stereocenters. The van der Waals surface area contributed by atoms with E-state index in [4.69, 9.17) is 14.2 Å². The topological polar surface area (TPSA) is 77.1 Å². The van der Waals surface area contributed by atoms with Gasteiger partial charge in [-0.15, -0.1) is 0 Å². The summed E-state index contributed by atoms with van der Waals surface area (Å²) in [6, 6.07) is 15.2. The van der Waals surface area contributed by atoms with Gasteiger partial charge in [-0.2, -0.15) is 0 Å². The molecule has 1 atom stereocenters. The minimum absolute atomic E-state index is 0.00904. The second kappa shape index (κ2) is 10.6. The molecule has 0 aliphatic carbocycles. The fourth-order valence-corrected chi connectivity index (χ4v) is 5.04. The summed E-state index contributed by atoms with van der Waals surface area (Å²) >= 11 is 0. The first kappa shape index (κ1) is 24.9. The van der Waals surface area contributed by atoms with Gasteiger partial charge in [0.1, 0.15) is 28.0 Å². The van der Waals surface area contributed by atoms with E-state index in [2.05, 4.69) is 4.72 Å². The van der Waals surface area contributed by atoms with Crippen molar-refractivity contribution in [3.63, 3.8) is 0 Å². The number of hydrogen-bond acceptors (Lipinski definition) is 6. The van der Waals surface area contributed by atoms with Crippen LogP contribution in [0.25, 0.3) is 0 Å². The van der Waals surface area contributed by atoms with Crippen molar-refractivity contribution >= 4 is 27.1 Å². The van der Waals surface area contributed by atoms with Crippen LogP contribution in [0.2, 0.25) is 0 Å². The number of anilines is 3. The van der Waals surface area contributed by atoms with E-state index < -0.39 is 26.6 Å². The van der Waals surface area contributed by atoms with Crippen molar-refractivity contribution in [3.8, 4) is 11.5 Å². The third-order valence-electron chi connectivity index (χ3n) is 5.67. The van der Waals surface area contributed by atoms with Crippen LogP contribution in [0.5, 0.6) is 11.5 Å². The Kier molecular flexibility index (Phi) is 7.54. The first-order valence-corrected chi connectivity index (χ1v) is 12.5. The molecule has 0 aromatic heterocycles. The first-order chi connectivity index (χ1) is 16.8. The number of para-hydroxylation sites is 1. The Labute approximate surface area is 203 Å². The highest BCUT2D eigenvalue weighted by Crippen LogP contribution is 2.40. The van der Waals surface area contributed by atoms with Crippen LogP contribution >= 0.6 is 0 Å². The molecule has 0 bridgehead atoms. The van der Waals surface area contributed by atoms with Gasteiger partial charge in [0, 0.05) is 43.1 Å². The summed E-state index contributed by atoms with van der Waals surface area (Å²) in [5.74, 6) is -1.12. The zero-order chi connectivity index (χ0) is 25.0. The molecule has 35 heavy (non-hydrogen) atoms. The van der Waals surface area contributed by atoms with E-state index in [9.17, 15) is 8.42 Å². The molecule has 4 rings (SSSR count). The van der Waals surface area contributed by atoms with Gasteiger partial charge in [-0.1, -0.05) is 18.2 Å². The number of methoxy groups -OCH3 is 2. The molecule has 0 amide bonds. The van der Waals surface area contributed by atoms with Crippen molar-refractivity contribution in [2.45, 2.75) is 23.8 Å². The number of sulfonamides is 1. The van der Waals surface area contributed by atoms with Crippen LogP contribution in [0.1, 0.15) is 12.8 Å². The van der Waals surface area contributed by atoms with Crippen LogP contribution in [0.3, 0.4) is 0 Å². The number of rotatable bonds is 9. The molecular formula is C25H26F2N2O5S. The number of nitrogens with one attached hydrogen (secondary N) is 1. The van der Waals surface area contributed by atoms with Gasteiger partial charge in [0.05, 0.1) is 31.7 Å². The van der Waals surface area contributed by atoms with Crippen molar-refractivity contribution in [3.05, 3.63) is 72.3 Å². The average molecular weight is 505 g/mol. The summed E-state index contributed by atoms with van der Waals surface area (Å²) in [6.45, 7) is 0.541. The first-order valence-electron chi connectivity index (χ1n) is 11.0. The SMILES string of the molecule is COc1cc(OC)cc(N(c2ccccc2)c2cc(F)c(S(=O)(=O)NCC3CCCO3)cc2F)c1. The Morgan fingerprint density at radius 3 is 2.26 bits per heavy atom. The van der Waals surface area contributed by atoms with E-state index >= 15 is 8.78 Å². The van der Waals surface area contributed by atoms with E-state index in [0.29, 0.717) is 42.0 Å². The zero-order valence-electron chi connectivity index (χ0n) is 19.3. The lowest BCUT2D eigenvalue weighted by Crippen LogP contribution is -2.32. The van der Waals surface area contributed by atoms with Gasteiger partial charge in [-0.25, -0.2) is 21.9 Å². The van der Waals surface area contributed by atoms with Crippen molar-refractivity contribution < 1.29 is 31.4 Å². The van der Waals surface area contributed by atoms with E-state index in [1.807, 2.05) is 0 Å². The summed E-state index contributed by atoms with van der Waals surface area (Å²) in [4.78, 5) is 0.688. The third kappa shape index (κ3) is 5.55. The van der Waals surface area contributed by atoms with Crippen LogP contribution < -0.4 is 19.1 Å². The van der Waals surface area contributed by atoms with Crippen LogP contribution in [-0.4, -0.2) is 41.9 Å². The van der Waals surface area contributed by atoms with Gasteiger partial charge in [0.25, 0.3) is 0 Å². The monoisotopic (exact) mass is 504 g/mol. The van der Waals surface area contributed by atoms with Crippen LogP contribution in [0.4, 0.5) is 25.8 Å². The average Bonchev–Trinajstić information content (AvgIpc) is 3.39. The number of hydrogen-bond donors (Lipinski definition) is 1. The number of halogens is 2. The quantitative estimate of drug-likeness (QED) is 0.446. The van der Waals surface area contributed by atoms with Gasteiger partial charge in [-0.3, -0.25) is 0 Å². The summed E-state index contributed by atoms with van der Waals surface area (Å²) in [5, 5.41) is 0. The van der Waals surface area contributed by atoms with E-state index in [1.54, 1.807) is 48.5 Å². The molecule has 10 heteroatoms. The molecule has 0 radical (unpaired) electrons. The smallest absolute Gasteiger partial charge is 0.243 e. The molecule has 1 fully saturated rings. The molecule has 1 aliphatic rings. The van der Waals surface area contributed by atoms with Crippen LogP contribution in [0, 0.1) is 11.6 Å². The molecule has 3 aromatic rings. The largest absolute Gasteiger partial charge is 0.497 e. The highest BCUT2D eigenvalue weighted by atomic mass is 32.2. The molecule has 186 valence electrons. The van der Waals surface area contributed by atoms with Gasteiger partial charge >= 0.3 is 0 Å². The lowest BCUT2D eigenvalue weighted by Gasteiger charge is -2.27. The Morgan fingerprint density at radius 1 is 0.971 bits per heavy atom. The summed E-state index contributed by atoms with van der Waals surface area (Å²) in [5.41, 5.74) is 0.771. The van der Waals surface area contributed by atoms with Gasteiger partial charge in [0.2, 0.25) is 10.0 Å². The molecular weight excluding hydrogens is 478 g/mol. The summed E-state index contributed by atoms with van der Waals surface area (Å²) in [7, 11) is -1.34. The van der Waals surface area contributed by atoms with Crippen molar-refractivity contribution in [1.29, 1.82) is 0 Å². The lowest BCUT2D eigenvalue weighted by molar-refractivity contribution is 0.114. The molecule has 1 heterocycles. The Morgan fingerprint density at radius 2 is 1.66 bits per heavy atom. The Balaban J connectivity index is 1.77. The van der Waals surface area contributed by atoms with Gasteiger partial charge in [-0.05, 0) is 31.0 Å². The molecule has 3 aromatic carbocycles. The zero-order valence-corrected chi connectivity index (χ0v) is 20.1. The van der Waals surface area contributed by atoms with Gasteiger partial charge in [0.15, 0.2) is 0 Å². The number of benzene rings is 3. The van der Waals surface area contributed by atoms with Crippen molar-refractivity contribution in [2.24, 2.45) is 0 Å². The Hall–Kier alpha value is -3.21. The summed E-state index contributed by atoms with van der Waals surface area (Å²) < 4.78 is 74.6. The lowest BCUT2D eigenvalue weighted by atomic mass is 10.1. The van der Waals surface area contributed by atoms with Crippen molar-refractivity contribution in [1.82, 2.24) is 4.72 Å². The van der Waals surface area contributed by atoms with Crippen molar-refractivity contribution in [2.75, 3.05) is 32.3 Å². The maximum atomic E-state index is 15.5. The van der Waals surface area contributed by atoms with Gasteiger partial charge < -0.3 is 19.1 Å². The normalized spacial score (nSPS) is 15.7. The predicted molar refractivity (Wildman–Crippen MR) is 128 cm³/mol. The Bertz CT molecular complexity index is 1260. The highest BCUT2D eigenvalue weighted by Gasteiger charge is 2.27. The van der Waals surface area contributed by atoms with E-state index in [1.165, 1.54) is 19.1 Å². The molecule has 1 saturated heterocycles. The highest BCUT2D eigenvalue weighted by molar-refractivity contribution is 7.89. The van der Waals surface area contributed by atoms with Crippen LogP contribution in [0.15, 0.2) is 65.6 Å². The minimum Gasteiger partial charge on any atom is -0.497 e. The predicted octanol–water partition coefficient (Wildman–Crippen LogP) is 4.91. The standard InChI is InChI=1S/C25H26F2N2O5S/c1-32-20-11-18(12-21(13-20)33-2)29(17-7-4-3-5-8-17)24-14-23(27)25(15-22(24)26)35(30,31)28-16-19-9-6-10-34-19/h3-5,7-8,11-15,19,28H,6,9-10,16H2,1-2H3. The van der Waals surface area contributed by atoms with E-state index in [0.717, 1.165) is 12.5 Å². The fourth-order valence-electron chi connectivity index (χ4n) is 3.91. The summed E-state index contributed by atoms with van der Waals surface area (Å²) in [6.07, 6.45) is 1.25. The van der Waals surface area contributed by atoms with E-state index in [-0.39, 0.29) is 18.3 Å². The fraction of sp³-hybridized carbons (Fsp3) is 0.280. The molecule has 7 nitrogen and oxygen atoms in total.